The van der Waals surface area contributed by atoms with Gasteiger partial charge in [0.2, 0.25) is 5.91 Å². The van der Waals surface area contributed by atoms with Crippen molar-refractivity contribution < 1.29 is 23.9 Å². The van der Waals surface area contributed by atoms with Gasteiger partial charge in [-0.25, -0.2) is 0 Å². The van der Waals surface area contributed by atoms with Crippen molar-refractivity contribution in [1.82, 2.24) is 5.32 Å². The zero-order chi connectivity index (χ0) is 30.8. The minimum atomic E-state index is -0.568. The highest BCUT2D eigenvalue weighted by Crippen LogP contribution is 2.30. The maximum atomic E-state index is 13.4. The summed E-state index contributed by atoms with van der Waals surface area (Å²) in [6.07, 6.45) is 1.48. The molecule has 4 aromatic carbocycles. The normalized spacial score (nSPS) is 10.9. The number of hydrogen-bond acceptors (Lipinski definition) is 6. The molecule has 0 heterocycles. The number of carbonyl (C=O) groups excluding carboxylic acids is 3. The van der Waals surface area contributed by atoms with E-state index in [4.69, 9.17) is 32.7 Å². The second-order valence-corrected chi connectivity index (χ2v) is 10.8. The van der Waals surface area contributed by atoms with E-state index in [0.717, 1.165) is 4.90 Å². The molecule has 0 atom stereocenters. The van der Waals surface area contributed by atoms with Crippen LogP contribution >= 0.6 is 35.0 Å². The van der Waals surface area contributed by atoms with E-state index < -0.39 is 11.8 Å². The van der Waals surface area contributed by atoms with E-state index in [-0.39, 0.29) is 17.4 Å². The molecule has 43 heavy (non-hydrogen) atoms. The lowest BCUT2D eigenvalue weighted by Gasteiger charge is -2.13. The minimum Gasteiger partial charge on any atom is -0.497 e. The first-order chi connectivity index (χ1) is 20.7. The fourth-order valence-electron chi connectivity index (χ4n) is 3.82. The standard InChI is InChI=1S/C32H27Cl2N3O5S/c1-41-24-13-14-27(29(18-24)42-2)36-30(38)19-43-25-10-6-9-23(17-25)35-32(40)28(15-21-11-12-22(33)16-26(21)34)37-31(39)20-7-4-3-5-8-20/h3-18H,19H2,1-2H3,(H,35,40)(H,36,38)(H,37,39)/b28-15+. The SMILES string of the molecule is COc1ccc(NC(=O)CSc2cccc(NC(=O)/C(=C\c3ccc(Cl)cc3Cl)NC(=O)c3ccccc3)c2)c(OC)c1. The van der Waals surface area contributed by atoms with Gasteiger partial charge in [-0.15, -0.1) is 11.8 Å². The molecule has 0 aliphatic heterocycles. The van der Waals surface area contributed by atoms with Crippen molar-refractivity contribution in [3.8, 4) is 11.5 Å². The predicted octanol–water partition coefficient (Wildman–Crippen LogP) is 7.15. The number of halogens is 2. The van der Waals surface area contributed by atoms with Crippen molar-refractivity contribution in [2.75, 3.05) is 30.6 Å². The molecule has 0 radical (unpaired) electrons. The van der Waals surface area contributed by atoms with E-state index in [1.54, 1.807) is 92.0 Å². The van der Waals surface area contributed by atoms with Crippen molar-refractivity contribution in [3.05, 3.63) is 118 Å². The highest BCUT2D eigenvalue weighted by Gasteiger charge is 2.16. The number of anilines is 2. The van der Waals surface area contributed by atoms with Crippen LogP contribution in [0.5, 0.6) is 11.5 Å². The average Bonchev–Trinajstić information content (AvgIpc) is 3.01. The molecule has 0 aromatic heterocycles. The summed E-state index contributed by atoms with van der Waals surface area (Å²) in [6, 6.07) is 25.5. The first-order valence-electron chi connectivity index (χ1n) is 12.8. The Morgan fingerprint density at radius 3 is 2.35 bits per heavy atom. The van der Waals surface area contributed by atoms with E-state index in [0.29, 0.717) is 44.0 Å². The molecule has 3 N–H and O–H groups in total. The van der Waals surface area contributed by atoms with Gasteiger partial charge in [0.05, 0.1) is 25.7 Å². The third kappa shape index (κ3) is 9.02. The number of methoxy groups -OCH3 is 2. The molecule has 3 amide bonds. The van der Waals surface area contributed by atoms with Gasteiger partial charge >= 0.3 is 0 Å². The van der Waals surface area contributed by atoms with Gasteiger partial charge in [0.25, 0.3) is 11.8 Å². The Bertz CT molecular complexity index is 1660. The molecule has 4 rings (SSSR count). The number of hydrogen-bond donors (Lipinski definition) is 3. The summed E-state index contributed by atoms with van der Waals surface area (Å²) >= 11 is 13.6. The molecular weight excluding hydrogens is 609 g/mol. The first-order valence-corrected chi connectivity index (χ1v) is 14.6. The fraction of sp³-hybridized carbons (Fsp3) is 0.0938. The summed E-state index contributed by atoms with van der Waals surface area (Å²) in [5, 5.41) is 9.07. The quantitative estimate of drug-likeness (QED) is 0.119. The van der Waals surface area contributed by atoms with E-state index in [1.807, 2.05) is 6.07 Å². The molecule has 8 nitrogen and oxygen atoms in total. The van der Waals surface area contributed by atoms with Crippen LogP contribution in [0.2, 0.25) is 10.0 Å². The Labute approximate surface area is 263 Å². The van der Waals surface area contributed by atoms with Gasteiger partial charge in [-0.2, -0.15) is 0 Å². The van der Waals surface area contributed by atoms with Crippen molar-refractivity contribution in [2.45, 2.75) is 4.90 Å². The number of rotatable bonds is 11. The van der Waals surface area contributed by atoms with Crippen molar-refractivity contribution in [3.63, 3.8) is 0 Å². The van der Waals surface area contributed by atoms with E-state index in [9.17, 15) is 14.4 Å². The summed E-state index contributed by atoms with van der Waals surface area (Å²) in [6.45, 7) is 0. The second-order valence-electron chi connectivity index (χ2n) is 8.93. The summed E-state index contributed by atoms with van der Waals surface area (Å²) in [5.74, 6) is -0.0725. The van der Waals surface area contributed by atoms with Gasteiger partial charge in [-0.3, -0.25) is 14.4 Å². The van der Waals surface area contributed by atoms with Gasteiger partial charge in [0, 0.05) is 32.3 Å². The number of nitrogens with one attached hydrogen (secondary N) is 3. The molecule has 0 unspecified atom stereocenters. The van der Waals surface area contributed by atoms with Crippen LogP contribution in [0, 0.1) is 0 Å². The average molecular weight is 637 g/mol. The number of benzene rings is 4. The number of thioether (sulfide) groups is 1. The molecule has 0 fully saturated rings. The van der Waals surface area contributed by atoms with Gasteiger partial charge < -0.3 is 25.4 Å². The molecular formula is C32H27Cl2N3O5S. The summed E-state index contributed by atoms with van der Waals surface area (Å²) in [7, 11) is 3.06. The Balaban J connectivity index is 1.46. The minimum absolute atomic E-state index is 0.0241. The van der Waals surface area contributed by atoms with E-state index in [2.05, 4.69) is 16.0 Å². The number of amides is 3. The number of ether oxygens (including phenoxy) is 2. The predicted molar refractivity (Wildman–Crippen MR) is 172 cm³/mol. The molecule has 220 valence electrons. The van der Waals surface area contributed by atoms with Crippen LogP contribution in [0.4, 0.5) is 11.4 Å². The lowest BCUT2D eigenvalue weighted by atomic mass is 10.1. The molecule has 0 bridgehead atoms. The second kappa shape index (κ2) is 15.2. The van der Waals surface area contributed by atoms with Gasteiger partial charge in [-0.05, 0) is 66.2 Å². The smallest absolute Gasteiger partial charge is 0.272 e. The third-order valence-electron chi connectivity index (χ3n) is 5.94. The highest BCUT2D eigenvalue weighted by atomic mass is 35.5. The third-order valence-corrected chi connectivity index (χ3v) is 7.49. The Morgan fingerprint density at radius 1 is 0.837 bits per heavy atom. The maximum absolute atomic E-state index is 13.4. The van der Waals surface area contributed by atoms with E-state index >= 15 is 0 Å². The maximum Gasteiger partial charge on any atom is 0.272 e. The lowest BCUT2D eigenvalue weighted by molar-refractivity contribution is -0.114. The summed E-state index contributed by atoms with van der Waals surface area (Å²) < 4.78 is 10.5. The van der Waals surface area contributed by atoms with Crippen LogP contribution in [0.3, 0.4) is 0 Å². The molecule has 0 saturated carbocycles. The molecule has 0 aliphatic carbocycles. The van der Waals surface area contributed by atoms with Crippen molar-refractivity contribution >= 4 is 70.1 Å². The fourth-order valence-corrected chi connectivity index (χ4v) is 5.03. The Morgan fingerprint density at radius 2 is 1.63 bits per heavy atom. The van der Waals surface area contributed by atoms with Gasteiger partial charge in [0.15, 0.2) is 0 Å². The van der Waals surface area contributed by atoms with Crippen LogP contribution in [0.1, 0.15) is 15.9 Å². The Kier molecular flexibility index (Phi) is 11.1. The van der Waals surface area contributed by atoms with Gasteiger partial charge in [0.1, 0.15) is 17.2 Å². The van der Waals surface area contributed by atoms with Crippen LogP contribution in [0.25, 0.3) is 6.08 Å². The number of carbonyl (C=O) groups is 3. The van der Waals surface area contributed by atoms with Crippen LogP contribution in [-0.4, -0.2) is 37.7 Å². The molecule has 11 heteroatoms. The molecule has 4 aromatic rings. The zero-order valence-electron chi connectivity index (χ0n) is 23.2. The van der Waals surface area contributed by atoms with Crippen LogP contribution in [0.15, 0.2) is 102 Å². The van der Waals surface area contributed by atoms with Crippen molar-refractivity contribution in [1.29, 1.82) is 0 Å². The Hall–Kier alpha value is -4.44. The van der Waals surface area contributed by atoms with Crippen LogP contribution in [-0.2, 0) is 9.59 Å². The van der Waals surface area contributed by atoms with Crippen molar-refractivity contribution in [2.24, 2.45) is 0 Å². The first kappa shape index (κ1) is 31.5. The van der Waals surface area contributed by atoms with Gasteiger partial charge in [-0.1, -0.05) is 53.5 Å². The summed E-state index contributed by atoms with van der Waals surface area (Å²) in [4.78, 5) is 39.7. The monoisotopic (exact) mass is 635 g/mol. The molecule has 0 spiro atoms. The molecule has 0 aliphatic rings. The highest BCUT2D eigenvalue weighted by molar-refractivity contribution is 8.00. The van der Waals surface area contributed by atoms with Crippen LogP contribution < -0.4 is 25.4 Å². The lowest BCUT2D eigenvalue weighted by Crippen LogP contribution is -2.30. The summed E-state index contributed by atoms with van der Waals surface area (Å²) in [5.41, 5.74) is 1.84. The zero-order valence-corrected chi connectivity index (χ0v) is 25.5. The molecule has 0 saturated heterocycles. The largest absolute Gasteiger partial charge is 0.497 e. The van der Waals surface area contributed by atoms with E-state index in [1.165, 1.54) is 24.9 Å². The topological polar surface area (TPSA) is 106 Å².